The summed E-state index contributed by atoms with van der Waals surface area (Å²) in [6.07, 6.45) is 2.68. The average Bonchev–Trinajstić information content (AvgIpc) is 2.91. The molecule has 4 rings (SSSR count). The monoisotopic (exact) mass is 268 g/mol. The summed E-state index contributed by atoms with van der Waals surface area (Å²) in [4.78, 5) is 19.8. The van der Waals surface area contributed by atoms with Crippen molar-refractivity contribution in [3.63, 3.8) is 0 Å². The zero-order valence-electron chi connectivity index (χ0n) is 11.2. The highest BCUT2D eigenvalue weighted by molar-refractivity contribution is 5.35. The van der Waals surface area contributed by atoms with E-state index in [2.05, 4.69) is 29.2 Å². The summed E-state index contributed by atoms with van der Waals surface area (Å²) in [5, 5.41) is 0. The number of benzene rings is 1. The van der Waals surface area contributed by atoms with Crippen molar-refractivity contribution in [1.29, 1.82) is 0 Å². The fourth-order valence-electron chi connectivity index (χ4n) is 3.21. The molecule has 4 nitrogen and oxygen atoms in total. The smallest absolute Gasteiger partial charge is 0.256 e. The van der Waals surface area contributed by atoms with Crippen LogP contribution in [0.25, 0.3) is 0 Å². The molecule has 102 valence electrons. The Balaban J connectivity index is 1.71. The van der Waals surface area contributed by atoms with Crippen LogP contribution in [0.4, 0.5) is 0 Å². The molecule has 0 amide bonds. The summed E-state index contributed by atoms with van der Waals surface area (Å²) in [6.45, 7) is 1.05. The first kappa shape index (κ1) is 11.9. The van der Waals surface area contributed by atoms with E-state index >= 15 is 0 Å². The largest absolute Gasteiger partial charge is 0.376 e. The maximum atomic E-state index is 12.1. The highest BCUT2D eigenvalue weighted by Gasteiger charge is 2.26. The Morgan fingerprint density at radius 1 is 1.20 bits per heavy atom. The van der Waals surface area contributed by atoms with Gasteiger partial charge < -0.3 is 9.72 Å². The standard InChI is InChI=1S/C16H16N2O2/c19-16-13-9-20-6-5-14(13)17-15(18-16)12-7-10-3-1-2-4-11(10)8-12/h1-4,12H,5-9H2,(H,17,18,19). The number of H-pyrrole nitrogens is 1. The van der Waals surface area contributed by atoms with Crippen molar-refractivity contribution in [2.45, 2.75) is 31.8 Å². The molecule has 0 unspecified atom stereocenters. The van der Waals surface area contributed by atoms with Crippen molar-refractivity contribution in [1.82, 2.24) is 9.97 Å². The van der Waals surface area contributed by atoms with E-state index in [0.29, 0.717) is 24.7 Å². The third-order valence-corrected chi connectivity index (χ3v) is 4.29. The van der Waals surface area contributed by atoms with E-state index < -0.39 is 0 Å². The van der Waals surface area contributed by atoms with E-state index in [4.69, 9.17) is 9.72 Å². The Kier molecular flexibility index (Phi) is 2.70. The molecule has 0 saturated heterocycles. The molecular formula is C16H16N2O2. The van der Waals surface area contributed by atoms with Crippen LogP contribution in [-0.2, 0) is 30.6 Å². The van der Waals surface area contributed by atoms with Crippen molar-refractivity contribution in [2.75, 3.05) is 6.61 Å². The molecule has 0 bridgehead atoms. The Morgan fingerprint density at radius 2 is 1.95 bits per heavy atom. The summed E-state index contributed by atoms with van der Waals surface area (Å²) < 4.78 is 5.33. The summed E-state index contributed by atoms with van der Waals surface area (Å²) in [7, 11) is 0. The lowest BCUT2D eigenvalue weighted by Gasteiger charge is -2.17. The predicted octanol–water partition coefficient (Wildman–Crippen LogP) is 1.73. The number of rotatable bonds is 1. The van der Waals surface area contributed by atoms with E-state index in [1.54, 1.807) is 0 Å². The normalized spacial score (nSPS) is 17.8. The fraction of sp³-hybridized carbons (Fsp3) is 0.375. The highest BCUT2D eigenvalue weighted by Crippen LogP contribution is 2.32. The first-order valence-corrected chi connectivity index (χ1v) is 7.08. The van der Waals surface area contributed by atoms with Crippen LogP contribution < -0.4 is 5.56 Å². The number of aromatic amines is 1. The van der Waals surface area contributed by atoms with Crippen LogP contribution in [0.1, 0.15) is 34.1 Å². The average molecular weight is 268 g/mol. The molecular weight excluding hydrogens is 252 g/mol. The molecule has 4 heteroatoms. The highest BCUT2D eigenvalue weighted by atomic mass is 16.5. The Hall–Kier alpha value is -1.94. The van der Waals surface area contributed by atoms with Gasteiger partial charge in [-0.05, 0) is 24.0 Å². The lowest BCUT2D eigenvalue weighted by Crippen LogP contribution is -2.26. The molecule has 0 saturated carbocycles. The summed E-state index contributed by atoms with van der Waals surface area (Å²) in [6, 6.07) is 8.47. The molecule has 0 spiro atoms. The number of hydrogen-bond donors (Lipinski definition) is 1. The maximum absolute atomic E-state index is 12.1. The van der Waals surface area contributed by atoms with Gasteiger partial charge in [0, 0.05) is 12.3 Å². The third-order valence-electron chi connectivity index (χ3n) is 4.29. The molecule has 20 heavy (non-hydrogen) atoms. The minimum absolute atomic E-state index is 0.0272. The lowest BCUT2D eigenvalue weighted by atomic mass is 10.0. The zero-order valence-corrected chi connectivity index (χ0v) is 11.2. The van der Waals surface area contributed by atoms with Gasteiger partial charge in [-0.15, -0.1) is 0 Å². The number of nitrogens with one attached hydrogen (secondary N) is 1. The Labute approximate surface area is 116 Å². The summed E-state index contributed by atoms with van der Waals surface area (Å²) in [5.74, 6) is 1.14. The van der Waals surface area contributed by atoms with E-state index in [-0.39, 0.29) is 5.56 Å². The maximum Gasteiger partial charge on any atom is 0.256 e. The molecule has 1 aromatic carbocycles. The Bertz CT molecular complexity index is 696. The van der Waals surface area contributed by atoms with Crippen molar-refractivity contribution in [3.8, 4) is 0 Å². The minimum atomic E-state index is -0.0272. The predicted molar refractivity (Wildman–Crippen MR) is 74.8 cm³/mol. The van der Waals surface area contributed by atoms with Gasteiger partial charge in [-0.3, -0.25) is 4.79 Å². The second kappa shape index (κ2) is 4.56. The van der Waals surface area contributed by atoms with Crippen LogP contribution in [0.2, 0.25) is 0 Å². The number of fused-ring (bicyclic) bond motifs is 2. The van der Waals surface area contributed by atoms with Crippen LogP contribution in [0.15, 0.2) is 29.1 Å². The molecule has 2 heterocycles. The second-order valence-corrected chi connectivity index (χ2v) is 5.55. The lowest BCUT2D eigenvalue weighted by molar-refractivity contribution is 0.107. The number of hydrogen-bond acceptors (Lipinski definition) is 3. The van der Waals surface area contributed by atoms with Gasteiger partial charge >= 0.3 is 0 Å². The van der Waals surface area contributed by atoms with Crippen molar-refractivity contribution >= 4 is 0 Å². The third kappa shape index (κ3) is 1.88. The summed E-state index contributed by atoms with van der Waals surface area (Å²) >= 11 is 0. The summed E-state index contributed by atoms with van der Waals surface area (Å²) in [5.41, 5.74) is 4.35. The molecule has 0 fully saturated rings. The first-order chi connectivity index (χ1) is 9.81. The van der Waals surface area contributed by atoms with Gasteiger partial charge in [0.15, 0.2) is 0 Å². The zero-order chi connectivity index (χ0) is 13.5. The fourth-order valence-corrected chi connectivity index (χ4v) is 3.21. The van der Waals surface area contributed by atoms with Gasteiger partial charge in [0.25, 0.3) is 5.56 Å². The molecule has 2 aliphatic rings. The van der Waals surface area contributed by atoms with Gasteiger partial charge in [0.05, 0.1) is 24.5 Å². The number of aromatic nitrogens is 2. The van der Waals surface area contributed by atoms with E-state index in [9.17, 15) is 4.79 Å². The number of nitrogens with zero attached hydrogens (tertiary/aromatic N) is 1. The van der Waals surface area contributed by atoms with E-state index in [1.165, 1.54) is 11.1 Å². The van der Waals surface area contributed by atoms with Crippen LogP contribution in [-0.4, -0.2) is 16.6 Å². The number of ether oxygens (including phenoxy) is 1. The topological polar surface area (TPSA) is 55.0 Å². The SMILES string of the molecule is O=c1[nH]c(C2Cc3ccccc3C2)nc2c1COCC2. The molecule has 0 radical (unpaired) electrons. The molecule has 1 aliphatic heterocycles. The minimum Gasteiger partial charge on any atom is -0.376 e. The van der Waals surface area contributed by atoms with Crippen molar-refractivity contribution in [3.05, 3.63) is 62.8 Å². The molecule has 2 aromatic rings. The van der Waals surface area contributed by atoms with Crippen molar-refractivity contribution < 1.29 is 4.74 Å². The molecule has 1 N–H and O–H groups in total. The molecule has 1 aliphatic carbocycles. The van der Waals surface area contributed by atoms with Gasteiger partial charge in [0.2, 0.25) is 0 Å². The van der Waals surface area contributed by atoms with Gasteiger partial charge in [-0.1, -0.05) is 24.3 Å². The quantitative estimate of drug-likeness (QED) is 0.857. The first-order valence-electron chi connectivity index (χ1n) is 7.08. The van der Waals surface area contributed by atoms with E-state index in [0.717, 1.165) is 30.8 Å². The van der Waals surface area contributed by atoms with Gasteiger partial charge in [0.1, 0.15) is 5.82 Å². The second-order valence-electron chi connectivity index (χ2n) is 5.55. The van der Waals surface area contributed by atoms with E-state index in [1.807, 2.05) is 0 Å². The molecule has 0 atom stereocenters. The Morgan fingerprint density at radius 3 is 2.70 bits per heavy atom. The molecule has 1 aromatic heterocycles. The van der Waals surface area contributed by atoms with Crippen LogP contribution in [0.5, 0.6) is 0 Å². The van der Waals surface area contributed by atoms with Gasteiger partial charge in [-0.25, -0.2) is 4.98 Å². The van der Waals surface area contributed by atoms with Gasteiger partial charge in [-0.2, -0.15) is 0 Å². The van der Waals surface area contributed by atoms with Crippen LogP contribution in [0, 0.1) is 0 Å². The van der Waals surface area contributed by atoms with Crippen LogP contribution >= 0.6 is 0 Å². The van der Waals surface area contributed by atoms with Crippen molar-refractivity contribution in [2.24, 2.45) is 0 Å². The van der Waals surface area contributed by atoms with Crippen LogP contribution in [0.3, 0.4) is 0 Å².